The molecule has 0 unspecified atom stereocenters. The van der Waals surface area contributed by atoms with Gasteiger partial charge in [-0.15, -0.1) is 0 Å². The first-order valence-corrected chi connectivity index (χ1v) is 10.6. The molecule has 188 valence electrons. The molecule has 0 aliphatic carbocycles. The monoisotopic (exact) mass is 506 g/mol. The summed E-state index contributed by atoms with van der Waals surface area (Å²) in [7, 11) is 0. The van der Waals surface area contributed by atoms with Crippen LogP contribution in [0.2, 0.25) is 0 Å². The van der Waals surface area contributed by atoms with Crippen molar-refractivity contribution in [1.82, 2.24) is 14.5 Å². The lowest BCUT2D eigenvalue weighted by molar-refractivity contribution is -0.140. The van der Waals surface area contributed by atoms with Gasteiger partial charge in [0.1, 0.15) is 11.4 Å². The van der Waals surface area contributed by atoms with Crippen molar-refractivity contribution < 1.29 is 32.3 Å². The highest BCUT2D eigenvalue weighted by Crippen LogP contribution is 2.34. The zero-order valence-corrected chi connectivity index (χ0v) is 18.4. The average Bonchev–Trinajstić information content (AvgIpc) is 2.81. The molecule has 0 saturated carbocycles. The topological polar surface area (TPSA) is 114 Å². The van der Waals surface area contributed by atoms with E-state index in [-0.39, 0.29) is 11.7 Å². The van der Waals surface area contributed by atoms with Gasteiger partial charge in [-0.1, -0.05) is 12.1 Å². The SMILES string of the molecule is O=C(O)c1cn(-c2ccc(N3CCCNC3=O)cc2)c(=O)n(Cc2cccc(F)c2C(F)(F)F)c1=O. The Morgan fingerprint density at radius 3 is 2.31 bits per heavy atom. The van der Waals surface area contributed by atoms with Gasteiger partial charge in [-0.2, -0.15) is 13.2 Å². The van der Waals surface area contributed by atoms with Crippen molar-refractivity contribution >= 4 is 17.7 Å². The Kier molecular flexibility index (Phi) is 6.39. The summed E-state index contributed by atoms with van der Waals surface area (Å²) in [5, 5.41) is 12.2. The first-order chi connectivity index (χ1) is 17.0. The third-order valence-electron chi connectivity index (χ3n) is 5.63. The van der Waals surface area contributed by atoms with Crippen molar-refractivity contribution in [2.75, 3.05) is 18.0 Å². The summed E-state index contributed by atoms with van der Waals surface area (Å²) in [6.07, 6.45) is -3.65. The van der Waals surface area contributed by atoms with Crippen molar-refractivity contribution in [1.29, 1.82) is 0 Å². The van der Waals surface area contributed by atoms with E-state index in [1.165, 1.54) is 29.2 Å². The van der Waals surface area contributed by atoms with Crippen LogP contribution in [0.5, 0.6) is 0 Å². The zero-order valence-electron chi connectivity index (χ0n) is 18.4. The normalized spacial score (nSPS) is 14.0. The Hall–Kier alpha value is -4.42. The predicted molar refractivity (Wildman–Crippen MR) is 119 cm³/mol. The number of anilines is 1. The Labute approximate surface area is 199 Å². The molecule has 2 aromatic carbocycles. The highest BCUT2D eigenvalue weighted by molar-refractivity contribution is 5.92. The van der Waals surface area contributed by atoms with E-state index in [4.69, 9.17) is 0 Å². The Morgan fingerprint density at radius 2 is 1.69 bits per heavy atom. The van der Waals surface area contributed by atoms with E-state index >= 15 is 0 Å². The minimum absolute atomic E-state index is 0.0905. The number of amides is 2. The summed E-state index contributed by atoms with van der Waals surface area (Å²) >= 11 is 0. The maximum Gasteiger partial charge on any atom is 0.419 e. The fraction of sp³-hybridized carbons (Fsp3) is 0.217. The molecule has 0 atom stereocenters. The minimum atomic E-state index is -5.12. The van der Waals surface area contributed by atoms with Crippen LogP contribution in [0.1, 0.15) is 27.9 Å². The third-order valence-corrected chi connectivity index (χ3v) is 5.63. The summed E-state index contributed by atoms with van der Waals surface area (Å²) in [5.41, 5.74) is -5.15. The number of carbonyl (C=O) groups excluding carboxylic acids is 1. The molecule has 1 aliphatic heterocycles. The Morgan fingerprint density at radius 1 is 1.03 bits per heavy atom. The minimum Gasteiger partial charge on any atom is -0.477 e. The molecular formula is C23H18F4N4O5. The van der Waals surface area contributed by atoms with E-state index in [1.807, 2.05) is 0 Å². The zero-order chi connectivity index (χ0) is 26.2. The second-order valence-electron chi connectivity index (χ2n) is 7.92. The molecule has 0 bridgehead atoms. The van der Waals surface area contributed by atoms with Crippen LogP contribution in [-0.2, 0) is 12.7 Å². The van der Waals surface area contributed by atoms with Gasteiger partial charge in [-0.05, 0) is 42.3 Å². The maximum atomic E-state index is 14.0. The number of rotatable bonds is 5. The molecule has 36 heavy (non-hydrogen) atoms. The largest absolute Gasteiger partial charge is 0.477 e. The average molecular weight is 506 g/mol. The molecule has 2 heterocycles. The number of carbonyl (C=O) groups is 2. The summed E-state index contributed by atoms with van der Waals surface area (Å²) in [5.74, 6) is -3.31. The van der Waals surface area contributed by atoms with Gasteiger partial charge in [0.05, 0.1) is 17.8 Å². The van der Waals surface area contributed by atoms with E-state index in [2.05, 4.69) is 5.32 Å². The Balaban J connectivity index is 1.82. The van der Waals surface area contributed by atoms with Gasteiger partial charge in [0, 0.05) is 25.0 Å². The molecular weight excluding hydrogens is 488 g/mol. The number of aromatic nitrogens is 2. The molecule has 9 nitrogen and oxygen atoms in total. The molecule has 4 rings (SSSR count). The fourth-order valence-electron chi connectivity index (χ4n) is 3.93. The van der Waals surface area contributed by atoms with Crippen LogP contribution in [-0.4, -0.2) is 39.3 Å². The number of nitrogens with zero attached hydrogens (tertiary/aromatic N) is 3. The van der Waals surface area contributed by atoms with Crippen LogP contribution in [0.15, 0.2) is 58.3 Å². The number of halogens is 4. The predicted octanol–water partition coefficient (Wildman–Crippen LogP) is 2.82. The van der Waals surface area contributed by atoms with E-state index in [9.17, 15) is 41.8 Å². The molecule has 1 saturated heterocycles. The molecule has 2 N–H and O–H groups in total. The summed E-state index contributed by atoms with van der Waals surface area (Å²) in [6, 6.07) is 7.93. The van der Waals surface area contributed by atoms with E-state index < -0.39 is 52.4 Å². The highest BCUT2D eigenvalue weighted by Gasteiger charge is 2.37. The number of benzene rings is 2. The van der Waals surface area contributed by atoms with E-state index in [0.717, 1.165) is 22.9 Å². The molecule has 13 heteroatoms. The van der Waals surface area contributed by atoms with Crippen molar-refractivity contribution in [3.05, 3.63) is 92.0 Å². The quantitative estimate of drug-likeness (QED) is 0.517. The molecule has 1 fully saturated rings. The molecule has 0 radical (unpaired) electrons. The highest BCUT2D eigenvalue weighted by atomic mass is 19.4. The number of hydrogen-bond acceptors (Lipinski definition) is 4. The third kappa shape index (κ3) is 4.59. The standard InChI is InChI=1S/C23H18F4N4O5/c24-17-4-1-3-13(18(17)23(25,26)27)11-31-19(32)16(20(33)34)12-30(22(31)36)15-7-5-14(6-8-15)29-10-2-9-28-21(29)35/h1,3-8,12H,2,9-11H2,(H,28,35)(H,33,34). The van der Waals surface area contributed by atoms with Crippen LogP contribution >= 0.6 is 0 Å². The molecule has 2 amide bonds. The van der Waals surface area contributed by atoms with E-state index in [1.54, 1.807) is 0 Å². The van der Waals surface area contributed by atoms with Crippen LogP contribution in [0.4, 0.5) is 28.0 Å². The number of urea groups is 1. The lowest BCUT2D eigenvalue weighted by Gasteiger charge is -2.27. The first kappa shape index (κ1) is 24.7. The van der Waals surface area contributed by atoms with Gasteiger partial charge in [-0.25, -0.2) is 18.8 Å². The van der Waals surface area contributed by atoms with Gasteiger partial charge in [0.25, 0.3) is 5.56 Å². The Bertz CT molecular complexity index is 1460. The van der Waals surface area contributed by atoms with Gasteiger partial charge in [0.2, 0.25) is 0 Å². The summed E-state index contributed by atoms with van der Waals surface area (Å²) < 4.78 is 55.4. The lowest BCUT2D eigenvalue weighted by atomic mass is 10.1. The molecule has 3 aromatic rings. The number of aromatic carboxylic acids is 1. The van der Waals surface area contributed by atoms with Crippen LogP contribution in [0, 0.1) is 5.82 Å². The number of carboxylic acids is 1. The van der Waals surface area contributed by atoms with Crippen LogP contribution in [0.3, 0.4) is 0 Å². The number of alkyl halides is 3. The van der Waals surface area contributed by atoms with Crippen LogP contribution in [0.25, 0.3) is 5.69 Å². The lowest BCUT2D eigenvalue weighted by Crippen LogP contribution is -2.46. The second-order valence-corrected chi connectivity index (χ2v) is 7.92. The van der Waals surface area contributed by atoms with Crippen molar-refractivity contribution in [3.63, 3.8) is 0 Å². The van der Waals surface area contributed by atoms with E-state index in [0.29, 0.717) is 35.8 Å². The van der Waals surface area contributed by atoms with Gasteiger partial charge in [0.15, 0.2) is 0 Å². The van der Waals surface area contributed by atoms with Crippen molar-refractivity contribution in [2.24, 2.45) is 0 Å². The summed E-state index contributed by atoms with van der Waals surface area (Å²) in [6.45, 7) is -0.0323. The number of nitrogens with one attached hydrogen (secondary N) is 1. The smallest absolute Gasteiger partial charge is 0.419 e. The second kappa shape index (κ2) is 9.32. The fourth-order valence-corrected chi connectivity index (χ4v) is 3.93. The van der Waals surface area contributed by atoms with Gasteiger partial charge >= 0.3 is 23.9 Å². The van der Waals surface area contributed by atoms with Gasteiger partial charge in [-0.3, -0.25) is 18.8 Å². The van der Waals surface area contributed by atoms with Crippen molar-refractivity contribution in [2.45, 2.75) is 19.1 Å². The number of hydrogen-bond donors (Lipinski definition) is 2. The number of carboxylic acid groups (broad SMARTS) is 1. The molecule has 1 aromatic heterocycles. The molecule has 0 spiro atoms. The molecule has 1 aliphatic rings. The van der Waals surface area contributed by atoms with Crippen molar-refractivity contribution in [3.8, 4) is 5.69 Å². The first-order valence-electron chi connectivity index (χ1n) is 10.6. The van der Waals surface area contributed by atoms with Crippen LogP contribution < -0.4 is 21.5 Å². The summed E-state index contributed by atoms with van der Waals surface area (Å²) in [4.78, 5) is 51.0. The maximum absolute atomic E-state index is 14.0. The van der Waals surface area contributed by atoms with Gasteiger partial charge < -0.3 is 10.4 Å².